The molecule has 2 aromatic carbocycles. The number of carboxylic acids is 1. The average molecular weight is 415 g/mol. The summed E-state index contributed by atoms with van der Waals surface area (Å²) in [6, 6.07) is 12.9. The highest BCUT2D eigenvalue weighted by Crippen LogP contribution is 2.32. The van der Waals surface area contributed by atoms with Crippen LogP contribution in [0.1, 0.15) is 30.1 Å². The molecule has 8 heteroatoms. The molecule has 156 valence electrons. The summed E-state index contributed by atoms with van der Waals surface area (Å²) in [5.74, 6) is 0.926. The summed E-state index contributed by atoms with van der Waals surface area (Å²) >= 11 is 0. The zero-order valence-electron chi connectivity index (χ0n) is 16.9. The zero-order valence-corrected chi connectivity index (χ0v) is 16.9. The molecule has 1 fully saturated rings. The highest BCUT2D eigenvalue weighted by atomic mass is 16.5. The first-order valence-corrected chi connectivity index (χ1v) is 10.2. The van der Waals surface area contributed by atoms with Crippen molar-refractivity contribution in [3.63, 3.8) is 0 Å². The molecular formula is C23H21N5O3. The Hall–Kier alpha value is -3.94. The van der Waals surface area contributed by atoms with Crippen molar-refractivity contribution in [2.75, 3.05) is 17.2 Å². The van der Waals surface area contributed by atoms with E-state index in [4.69, 9.17) is 14.7 Å². The molecule has 4 aromatic rings. The predicted molar refractivity (Wildman–Crippen MR) is 119 cm³/mol. The maximum Gasteiger partial charge on any atom is 0.335 e. The van der Waals surface area contributed by atoms with E-state index >= 15 is 0 Å². The molecule has 8 nitrogen and oxygen atoms in total. The molecular weight excluding hydrogens is 394 g/mol. The van der Waals surface area contributed by atoms with Crippen molar-refractivity contribution in [2.45, 2.75) is 25.8 Å². The fourth-order valence-electron chi connectivity index (χ4n) is 3.43. The number of carboxylic acid groups (broad SMARTS) is 1. The van der Waals surface area contributed by atoms with E-state index in [-0.39, 0.29) is 5.56 Å². The molecule has 1 aliphatic rings. The summed E-state index contributed by atoms with van der Waals surface area (Å²) in [6.07, 6.45) is 3.92. The molecule has 1 aliphatic carbocycles. The van der Waals surface area contributed by atoms with Crippen LogP contribution in [0, 0.1) is 0 Å². The quantitative estimate of drug-likeness (QED) is 0.376. The molecule has 3 N–H and O–H groups in total. The number of fused-ring (bicyclic) bond motifs is 3. The van der Waals surface area contributed by atoms with E-state index in [0.29, 0.717) is 35.4 Å². The largest absolute Gasteiger partial charge is 0.494 e. The van der Waals surface area contributed by atoms with Crippen molar-refractivity contribution in [1.82, 2.24) is 15.0 Å². The van der Waals surface area contributed by atoms with Gasteiger partial charge in [0.05, 0.1) is 17.7 Å². The van der Waals surface area contributed by atoms with E-state index in [2.05, 4.69) is 15.6 Å². The summed E-state index contributed by atoms with van der Waals surface area (Å²) in [5.41, 5.74) is 2.35. The molecule has 31 heavy (non-hydrogen) atoms. The number of pyridine rings is 1. The highest BCUT2D eigenvalue weighted by molar-refractivity contribution is 6.09. The number of hydrogen-bond donors (Lipinski definition) is 3. The van der Waals surface area contributed by atoms with Crippen molar-refractivity contribution in [1.29, 1.82) is 0 Å². The first kappa shape index (κ1) is 19.0. The zero-order chi connectivity index (χ0) is 21.4. The van der Waals surface area contributed by atoms with Gasteiger partial charge in [0.2, 0.25) is 5.95 Å². The van der Waals surface area contributed by atoms with Crippen LogP contribution in [0.15, 0.2) is 48.7 Å². The minimum Gasteiger partial charge on any atom is -0.494 e. The van der Waals surface area contributed by atoms with E-state index in [1.165, 1.54) is 0 Å². The van der Waals surface area contributed by atoms with Gasteiger partial charge in [-0.25, -0.2) is 19.7 Å². The van der Waals surface area contributed by atoms with Gasteiger partial charge in [-0.3, -0.25) is 0 Å². The van der Waals surface area contributed by atoms with Gasteiger partial charge in [-0.1, -0.05) is 6.07 Å². The third-order valence-corrected chi connectivity index (χ3v) is 5.12. The second-order valence-electron chi connectivity index (χ2n) is 7.45. The first-order chi connectivity index (χ1) is 15.1. The second kappa shape index (κ2) is 7.71. The van der Waals surface area contributed by atoms with E-state index in [9.17, 15) is 9.90 Å². The average Bonchev–Trinajstić information content (AvgIpc) is 3.59. The third-order valence-electron chi connectivity index (χ3n) is 5.12. The van der Waals surface area contributed by atoms with E-state index < -0.39 is 5.97 Å². The first-order valence-electron chi connectivity index (χ1n) is 10.2. The molecule has 0 saturated heterocycles. The lowest BCUT2D eigenvalue weighted by Crippen LogP contribution is -2.07. The van der Waals surface area contributed by atoms with Crippen molar-refractivity contribution in [3.05, 3.63) is 54.2 Å². The standard InChI is InChI=1S/C23H21N5O3/c1-2-31-16-8-6-15(7-9-16)26-23-24-12-18-17-10-3-13(22(29)30)11-19(17)27-21(20(18)28-23)25-14-4-5-14/h3,6-12,14H,2,4-5H2,1H3,(H,25,27)(H,29,30)(H,24,26,28). The van der Waals surface area contributed by atoms with Crippen LogP contribution < -0.4 is 15.4 Å². The van der Waals surface area contributed by atoms with Gasteiger partial charge in [0.15, 0.2) is 5.82 Å². The molecule has 0 unspecified atom stereocenters. The molecule has 0 bridgehead atoms. The van der Waals surface area contributed by atoms with Crippen LogP contribution in [0.25, 0.3) is 21.8 Å². The van der Waals surface area contributed by atoms with E-state index in [1.807, 2.05) is 31.2 Å². The van der Waals surface area contributed by atoms with E-state index in [1.54, 1.807) is 24.4 Å². The maximum absolute atomic E-state index is 11.4. The Kier molecular flexibility index (Phi) is 4.74. The smallest absolute Gasteiger partial charge is 0.335 e. The minimum atomic E-state index is -0.980. The van der Waals surface area contributed by atoms with Gasteiger partial charge < -0.3 is 20.5 Å². The summed E-state index contributed by atoms with van der Waals surface area (Å²) in [7, 11) is 0. The van der Waals surface area contributed by atoms with Crippen molar-refractivity contribution >= 4 is 45.2 Å². The molecule has 0 radical (unpaired) electrons. The van der Waals surface area contributed by atoms with Gasteiger partial charge in [-0.2, -0.15) is 0 Å². The topological polar surface area (TPSA) is 109 Å². The van der Waals surface area contributed by atoms with Crippen LogP contribution in [-0.4, -0.2) is 38.7 Å². The van der Waals surface area contributed by atoms with Crippen LogP contribution in [-0.2, 0) is 0 Å². The lowest BCUT2D eigenvalue weighted by molar-refractivity contribution is 0.0697. The predicted octanol–water partition coefficient (Wildman–Crippen LogP) is 4.59. The summed E-state index contributed by atoms with van der Waals surface area (Å²) < 4.78 is 5.48. The number of aromatic nitrogens is 3. The van der Waals surface area contributed by atoms with Crippen LogP contribution in [0.4, 0.5) is 17.5 Å². The number of anilines is 3. The van der Waals surface area contributed by atoms with Gasteiger partial charge in [-0.15, -0.1) is 0 Å². The number of ether oxygens (including phenoxy) is 1. The lowest BCUT2D eigenvalue weighted by atomic mass is 10.1. The molecule has 0 aliphatic heterocycles. The van der Waals surface area contributed by atoms with Gasteiger partial charge in [0.1, 0.15) is 11.3 Å². The lowest BCUT2D eigenvalue weighted by Gasteiger charge is -2.12. The highest BCUT2D eigenvalue weighted by Gasteiger charge is 2.23. The summed E-state index contributed by atoms with van der Waals surface area (Å²) in [5, 5.41) is 17.6. The summed E-state index contributed by atoms with van der Waals surface area (Å²) in [4.78, 5) is 25.3. The van der Waals surface area contributed by atoms with Gasteiger partial charge >= 0.3 is 5.97 Å². The summed E-state index contributed by atoms with van der Waals surface area (Å²) in [6.45, 7) is 2.56. The molecule has 0 amide bonds. The Balaban J connectivity index is 1.56. The Morgan fingerprint density at radius 3 is 2.65 bits per heavy atom. The number of nitrogens with one attached hydrogen (secondary N) is 2. The van der Waals surface area contributed by atoms with Crippen LogP contribution >= 0.6 is 0 Å². The Morgan fingerprint density at radius 1 is 1.13 bits per heavy atom. The van der Waals surface area contributed by atoms with Crippen LogP contribution in [0.5, 0.6) is 5.75 Å². The molecule has 2 heterocycles. The van der Waals surface area contributed by atoms with Crippen molar-refractivity contribution in [3.8, 4) is 5.75 Å². The molecule has 0 atom stereocenters. The van der Waals surface area contributed by atoms with Crippen LogP contribution in [0.3, 0.4) is 0 Å². The number of rotatable bonds is 7. The second-order valence-corrected chi connectivity index (χ2v) is 7.45. The Bertz CT molecular complexity index is 1290. The normalized spacial score (nSPS) is 13.3. The van der Waals surface area contributed by atoms with Crippen LogP contribution in [0.2, 0.25) is 0 Å². The van der Waals surface area contributed by atoms with Gasteiger partial charge in [-0.05, 0) is 56.2 Å². The number of hydrogen-bond acceptors (Lipinski definition) is 7. The number of benzene rings is 2. The fourth-order valence-corrected chi connectivity index (χ4v) is 3.43. The molecule has 0 spiro atoms. The monoisotopic (exact) mass is 415 g/mol. The van der Waals surface area contributed by atoms with E-state index in [0.717, 1.165) is 35.1 Å². The van der Waals surface area contributed by atoms with Crippen molar-refractivity contribution in [2.24, 2.45) is 0 Å². The molecule has 2 aromatic heterocycles. The number of aromatic carboxylic acids is 1. The minimum absolute atomic E-state index is 0.200. The Labute approximate surface area is 178 Å². The number of carbonyl (C=O) groups is 1. The maximum atomic E-state index is 11.4. The SMILES string of the molecule is CCOc1ccc(Nc2ncc3c(n2)c(NC2CC2)nc2cc(C(=O)O)ccc23)cc1. The van der Waals surface area contributed by atoms with Gasteiger partial charge in [0.25, 0.3) is 0 Å². The molecule has 1 saturated carbocycles. The fraction of sp³-hybridized carbons (Fsp3) is 0.217. The van der Waals surface area contributed by atoms with Crippen molar-refractivity contribution < 1.29 is 14.6 Å². The number of nitrogens with zero attached hydrogens (tertiary/aromatic N) is 3. The van der Waals surface area contributed by atoms with Gasteiger partial charge in [0, 0.05) is 28.7 Å². The Morgan fingerprint density at radius 2 is 1.94 bits per heavy atom. The third kappa shape index (κ3) is 3.92. The molecule has 5 rings (SSSR count).